The SMILES string of the molecule is Cc1ccc(NC(=O)Oc2cccc3cccnc23)c(Cl)c1. The second-order valence-electron chi connectivity index (χ2n) is 4.83. The number of amides is 1. The molecule has 0 saturated heterocycles. The molecule has 0 atom stereocenters. The number of nitrogens with zero attached hydrogens (tertiary/aromatic N) is 1. The summed E-state index contributed by atoms with van der Waals surface area (Å²) in [6.07, 6.45) is 1.05. The molecule has 5 heteroatoms. The highest BCUT2D eigenvalue weighted by Gasteiger charge is 2.10. The topological polar surface area (TPSA) is 51.2 Å². The highest BCUT2D eigenvalue weighted by Crippen LogP contribution is 2.25. The molecule has 1 aromatic heterocycles. The molecule has 0 spiro atoms. The van der Waals surface area contributed by atoms with Crippen molar-refractivity contribution in [3.63, 3.8) is 0 Å². The number of hydrogen-bond donors (Lipinski definition) is 1. The maximum absolute atomic E-state index is 12.0. The van der Waals surface area contributed by atoms with Gasteiger partial charge in [0, 0.05) is 11.6 Å². The van der Waals surface area contributed by atoms with Crippen LogP contribution < -0.4 is 10.1 Å². The Morgan fingerprint density at radius 2 is 2.00 bits per heavy atom. The molecule has 0 saturated carbocycles. The number of ether oxygens (including phenoxy) is 1. The second-order valence-corrected chi connectivity index (χ2v) is 5.24. The van der Waals surface area contributed by atoms with Crippen molar-refractivity contribution in [2.45, 2.75) is 6.92 Å². The predicted octanol–water partition coefficient (Wildman–Crippen LogP) is 4.81. The minimum atomic E-state index is -0.607. The fourth-order valence-corrected chi connectivity index (χ4v) is 2.40. The Morgan fingerprint density at radius 3 is 2.82 bits per heavy atom. The van der Waals surface area contributed by atoms with Gasteiger partial charge in [-0.3, -0.25) is 10.3 Å². The Balaban J connectivity index is 1.81. The number of para-hydroxylation sites is 1. The first-order valence-electron chi connectivity index (χ1n) is 6.72. The van der Waals surface area contributed by atoms with Crippen LogP contribution in [0, 0.1) is 6.92 Å². The number of fused-ring (bicyclic) bond motifs is 1. The van der Waals surface area contributed by atoms with Gasteiger partial charge < -0.3 is 4.74 Å². The third-order valence-corrected chi connectivity index (χ3v) is 3.47. The zero-order valence-electron chi connectivity index (χ0n) is 11.8. The quantitative estimate of drug-likeness (QED) is 0.739. The van der Waals surface area contributed by atoms with Crippen LogP contribution >= 0.6 is 11.6 Å². The van der Waals surface area contributed by atoms with Crippen molar-refractivity contribution in [1.82, 2.24) is 4.98 Å². The summed E-state index contributed by atoms with van der Waals surface area (Å²) in [6.45, 7) is 1.93. The van der Waals surface area contributed by atoms with E-state index < -0.39 is 6.09 Å². The van der Waals surface area contributed by atoms with E-state index in [0.29, 0.717) is 22.0 Å². The number of aryl methyl sites for hydroxylation is 1. The summed E-state index contributed by atoms with van der Waals surface area (Å²) in [5, 5.41) is 4.00. The molecule has 0 aliphatic carbocycles. The van der Waals surface area contributed by atoms with E-state index in [9.17, 15) is 4.79 Å². The predicted molar refractivity (Wildman–Crippen MR) is 87.6 cm³/mol. The van der Waals surface area contributed by atoms with Gasteiger partial charge in [-0.25, -0.2) is 4.79 Å². The number of carbonyl (C=O) groups is 1. The number of carbonyl (C=O) groups excluding carboxylic acids is 1. The number of halogens is 1. The van der Waals surface area contributed by atoms with Gasteiger partial charge >= 0.3 is 6.09 Å². The molecule has 22 heavy (non-hydrogen) atoms. The number of hydrogen-bond acceptors (Lipinski definition) is 3. The summed E-state index contributed by atoms with van der Waals surface area (Å²) in [4.78, 5) is 16.3. The van der Waals surface area contributed by atoms with Crippen LogP contribution in [0.15, 0.2) is 54.7 Å². The molecule has 1 heterocycles. The van der Waals surface area contributed by atoms with Gasteiger partial charge in [0.15, 0.2) is 5.75 Å². The highest BCUT2D eigenvalue weighted by molar-refractivity contribution is 6.33. The van der Waals surface area contributed by atoms with Crippen LogP contribution in [0.4, 0.5) is 10.5 Å². The lowest BCUT2D eigenvalue weighted by molar-refractivity contribution is 0.215. The van der Waals surface area contributed by atoms with Crippen LogP contribution in [0.5, 0.6) is 5.75 Å². The Kier molecular flexibility index (Phi) is 3.94. The van der Waals surface area contributed by atoms with Crippen LogP contribution in [0.2, 0.25) is 5.02 Å². The molecule has 0 radical (unpaired) electrons. The highest BCUT2D eigenvalue weighted by atomic mass is 35.5. The van der Waals surface area contributed by atoms with Crippen molar-refractivity contribution in [2.75, 3.05) is 5.32 Å². The number of nitrogens with one attached hydrogen (secondary N) is 1. The molecular formula is C17H13ClN2O2. The summed E-state index contributed by atoms with van der Waals surface area (Å²) in [7, 11) is 0. The van der Waals surface area contributed by atoms with E-state index in [0.717, 1.165) is 10.9 Å². The Morgan fingerprint density at radius 1 is 1.18 bits per heavy atom. The maximum Gasteiger partial charge on any atom is 0.417 e. The lowest BCUT2D eigenvalue weighted by atomic mass is 10.2. The summed E-state index contributed by atoms with van der Waals surface area (Å²) in [6, 6.07) is 14.5. The summed E-state index contributed by atoms with van der Waals surface area (Å²) < 4.78 is 5.35. The first-order chi connectivity index (χ1) is 10.6. The van der Waals surface area contributed by atoms with Crippen LogP contribution in [0.3, 0.4) is 0 Å². The number of benzene rings is 2. The summed E-state index contributed by atoms with van der Waals surface area (Å²) in [5.41, 5.74) is 2.16. The second kappa shape index (κ2) is 6.03. The zero-order chi connectivity index (χ0) is 15.5. The monoisotopic (exact) mass is 312 g/mol. The molecule has 1 N–H and O–H groups in total. The molecule has 3 aromatic rings. The summed E-state index contributed by atoms with van der Waals surface area (Å²) in [5.74, 6) is 0.402. The van der Waals surface area contributed by atoms with E-state index in [2.05, 4.69) is 10.3 Å². The fourth-order valence-electron chi connectivity index (χ4n) is 2.12. The molecule has 0 fully saturated rings. The summed E-state index contributed by atoms with van der Waals surface area (Å²) >= 11 is 6.09. The van der Waals surface area contributed by atoms with Gasteiger partial charge in [0.05, 0.1) is 10.7 Å². The molecule has 0 aliphatic heterocycles. The van der Waals surface area contributed by atoms with Crippen LogP contribution in [-0.2, 0) is 0 Å². The standard InChI is InChI=1S/C17H13ClN2O2/c1-11-7-8-14(13(18)10-11)20-17(21)22-15-6-2-4-12-5-3-9-19-16(12)15/h2-10H,1H3,(H,20,21). The third kappa shape index (κ3) is 3.02. The third-order valence-electron chi connectivity index (χ3n) is 3.16. The fraction of sp³-hybridized carbons (Fsp3) is 0.0588. The van der Waals surface area contributed by atoms with Gasteiger partial charge in [-0.05, 0) is 36.8 Å². The van der Waals surface area contributed by atoms with Gasteiger partial charge in [0.1, 0.15) is 5.52 Å². The van der Waals surface area contributed by atoms with Gasteiger partial charge in [-0.2, -0.15) is 0 Å². The van der Waals surface area contributed by atoms with E-state index in [4.69, 9.17) is 16.3 Å². The van der Waals surface area contributed by atoms with Crippen molar-refractivity contribution in [3.8, 4) is 5.75 Å². The normalized spacial score (nSPS) is 10.5. The van der Waals surface area contributed by atoms with E-state index >= 15 is 0 Å². The van der Waals surface area contributed by atoms with Crippen molar-refractivity contribution < 1.29 is 9.53 Å². The van der Waals surface area contributed by atoms with Crippen molar-refractivity contribution >= 4 is 34.3 Å². The molecule has 0 unspecified atom stereocenters. The molecule has 0 aliphatic rings. The first kappa shape index (κ1) is 14.4. The Bertz CT molecular complexity index is 844. The van der Waals surface area contributed by atoms with E-state index in [-0.39, 0.29) is 0 Å². The molecule has 3 rings (SSSR count). The molecule has 110 valence electrons. The zero-order valence-corrected chi connectivity index (χ0v) is 12.6. The largest absolute Gasteiger partial charge is 0.417 e. The minimum absolute atomic E-state index is 0.402. The van der Waals surface area contributed by atoms with Crippen LogP contribution in [0.1, 0.15) is 5.56 Å². The number of anilines is 1. The average Bonchev–Trinajstić information content (AvgIpc) is 2.50. The van der Waals surface area contributed by atoms with Gasteiger partial charge in [0.25, 0.3) is 0 Å². The van der Waals surface area contributed by atoms with Crippen molar-refractivity contribution in [3.05, 3.63) is 65.3 Å². The average molecular weight is 313 g/mol. The lowest BCUT2D eigenvalue weighted by Crippen LogP contribution is -2.17. The first-order valence-corrected chi connectivity index (χ1v) is 7.10. The number of pyridine rings is 1. The molecule has 2 aromatic carbocycles. The van der Waals surface area contributed by atoms with E-state index in [1.807, 2.05) is 37.3 Å². The smallest absolute Gasteiger partial charge is 0.408 e. The van der Waals surface area contributed by atoms with Gasteiger partial charge in [-0.15, -0.1) is 0 Å². The molecular weight excluding hydrogens is 300 g/mol. The van der Waals surface area contributed by atoms with Crippen molar-refractivity contribution in [1.29, 1.82) is 0 Å². The minimum Gasteiger partial charge on any atom is -0.408 e. The van der Waals surface area contributed by atoms with Crippen molar-refractivity contribution in [2.24, 2.45) is 0 Å². The van der Waals surface area contributed by atoms with Gasteiger partial charge in [-0.1, -0.05) is 35.9 Å². The van der Waals surface area contributed by atoms with Gasteiger partial charge in [0.2, 0.25) is 0 Å². The molecule has 1 amide bonds. The number of rotatable bonds is 2. The van der Waals surface area contributed by atoms with E-state index in [1.165, 1.54) is 0 Å². The molecule has 0 bridgehead atoms. The Hall–Kier alpha value is -2.59. The van der Waals surface area contributed by atoms with Crippen LogP contribution in [0.25, 0.3) is 10.9 Å². The number of aromatic nitrogens is 1. The Labute approximate surface area is 132 Å². The molecule has 4 nitrogen and oxygen atoms in total. The van der Waals surface area contributed by atoms with Crippen LogP contribution in [-0.4, -0.2) is 11.1 Å². The lowest BCUT2D eigenvalue weighted by Gasteiger charge is -2.09. The van der Waals surface area contributed by atoms with E-state index in [1.54, 1.807) is 24.4 Å². The maximum atomic E-state index is 12.0.